The Morgan fingerprint density at radius 2 is 1.88 bits per heavy atom. The molecule has 0 atom stereocenters. The number of rotatable bonds is 5. The van der Waals surface area contributed by atoms with Crippen LogP contribution >= 0.6 is 0 Å². The molecule has 32 heavy (non-hydrogen) atoms. The van der Waals surface area contributed by atoms with Crippen molar-refractivity contribution >= 4 is 23.2 Å². The zero-order chi connectivity index (χ0) is 22.8. The zero-order valence-electron chi connectivity index (χ0n) is 17.8. The van der Waals surface area contributed by atoms with Crippen LogP contribution in [0.25, 0.3) is 0 Å². The fourth-order valence-electron chi connectivity index (χ4n) is 2.87. The minimum absolute atomic E-state index is 0.0810. The summed E-state index contributed by atoms with van der Waals surface area (Å²) in [4.78, 5) is 18.0. The van der Waals surface area contributed by atoms with E-state index in [1.54, 1.807) is 32.3 Å². The lowest BCUT2D eigenvalue weighted by atomic mass is 10.1. The van der Waals surface area contributed by atoms with Crippen molar-refractivity contribution in [2.24, 2.45) is 20.3 Å². The molecule has 0 fully saturated rings. The summed E-state index contributed by atoms with van der Waals surface area (Å²) in [5.74, 6) is 1.49. The third-order valence-electron chi connectivity index (χ3n) is 4.25. The Morgan fingerprint density at radius 1 is 1.09 bits per heavy atom. The molecule has 0 unspecified atom stereocenters. The molecule has 168 valence electrons. The van der Waals surface area contributed by atoms with Crippen molar-refractivity contribution in [3.05, 3.63) is 59.7 Å². The molecule has 0 spiro atoms. The third-order valence-corrected chi connectivity index (χ3v) is 4.25. The Balaban J connectivity index is 0.000000181. The summed E-state index contributed by atoms with van der Waals surface area (Å²) in [6.45, 7) is 0.926. The molecule has 2 aliphatic rings. The van der Waals surface area contributed by atoms with Crippen molar-refractivity contribution < 1.29 is 29.4 Å². The lowest BCUT2D eigenvalue weighted by Gasteiger charge is -2.15. The summed E-state index contributed by atoms with van der Waals surface area (Å²) >= 11 is 0. The van der Waals surface area contributed by atoms with Crippen LogP contribution in [-0.4, -0.2) is 74.0 Å². The molecule has 0 aromatic heterocycles. The molecular formula is C22H24N4O6. The quantitative estimate of drug-likeness (QED) is 0.416. The highest BCUT2D eigenvalue weighted by atomic mass is 16.7. The maximum Gasteiger partial charge on any atom is 0.282 e. The van der Waals surface area contributed by atoms with Crippen molar-refractivity contribution in [1.82, 2.24) is 0 Å². The number of oxime groups is 2. The molecule has 0 aliphatic carbocycles. The summed E-state index contributed by atoms with van der Waals surface area (Å²) in [5, 5.41) is 25.8. The van der Waals surface area contributed by atoms with E-state index in [2.05, 4.69) is 20.3 Å². The van der Waals surface area contributed by atoms with Gasteiger partial charge in [0.15, 0.2) is 6.61 Å². The van der Waals surface area contributed by atoms with Gasteiger partial charge in [-0.1, -0.05) is 24.3 Å². The molecule has 2 aliphatic heterocycles. The van der Waals surface area contributed by atoms with Crippen LogP contribution < -0.4 is 4.74 Å². The molecular weight excluding hydrogens is 416 g/mol. The first-order valence-corrected chi connectivity index (χ1v) is 9.83. The second kappa shape index (κ2) is 11.5. The maximum absolute atomic E-state index is 9.71. The van der Waals surface area contributed by atoms with Crippen LogP contribution in [-0.2, 0) is 14.4 Å². The second-order valence-electron chi connectivity index (χ2n) is 6.29. The van der Waals surface area contributed by atoms with Crippen LogP contribution in [0.5, 0.6) is 11.5 Å². The highest BCUT2D eigenvalue weighted by Gasteiger charge is 2.26. The Morgan fingerprint density at radius 3 is 2.56 bits per heavy atom. The largest absolute Gasteiger partial charge is 0.507 e. The van der Waals surface area contributed by atoms with Crippen LogP contribution in [0.1, 0.15) is 11.1 Å². The highest BCUT2D eigenvalue weighted by Crippen LogP contribution is 2.26. The van der Waals surface area contributed by atoms with Gasteiger partial charge in [0.2, 0.25) is 0 Å². The molecule has 10 nitrogen and oxygen atoms in total. The number of phenolic OH excluding ortho intramolecular Hbond substituents is 1. The van der Waals surface area contributed by atoms with E-state index in [9.17, 15) is 5.11 Å². The lowest BCUT2D eigenvalue weighted by Crippen LogP contribution is -2.25. The molecule has 2 N–H and O–H groups in total. The second-order valence-corrected chi connectivity index (χ2v) is 6.29. The van der Waals surface area contributed by atoms with Gasteiger partial charge >= 0.3 is 0 Å². The van der Waals surface area contributed by atoms with Crippen LogP contribution in [0.3, 0.4) is 0 Å². The predicted octanol–water partition coefficient (Wildman–Crippen LogP) is 1.99. The average molecular weight is 440 g/mol. The smallest absolute Gasteiger partial charge is 0.282 e. The van der Waals surface area contributed by atoms with Crippen molar-refractivity contribution in [1.29, 1.82) is 0 Å². The van der Waals surface area contributed by atoms with Crippen LogP contribution in [0.4, 0.5) is 0 Å². The number of hydrogen-bond donors (Lipinski definition) is 2. The van der Waals surface area contributed by atoms with Crippen LogP contribution in [0.15, 0.2) is 68.8 Å². The number of phenols is 1. The summed E-state index contributed by atoms with van der Waals surface area (Å²) in [6.07, 6.45) is 0. The van der Waals surface area contributed by atoms with Crippen molar-refractivity contribution in [2.45, 2.75) is 0 Å². The van der Waals surface area contributed by atoms with Gasteiger partial charge in [0, 0.05) is 25.2 Å². The number of nitrogens with zero attached hydrogens (tertiary/aromatic N) is 4. The molecule has 0 radical (unpaired) electrons. The molecule has 0 bridgehead atoms. The highest BCUT2D eigenvalue weighted by molar-refractivity contribution is 6.48. The zero-order valence-corrected chi connectivity index (χ0v) is 17.8. The monoisotopic (exact) mass is 440 g/mol. The molecule has 4 rings (SSSR count). The first-order valence-electron chi connectivity index (χ1n) is 9.83. The first kappa shape index (κ1) is 22.8. The van der Waals surface area contributed by atoms with Gasteiger partial charge in [-0.3, -0.25) is 9.98 Å². The molecule has 0 amide bonds. The topological polar surface area (TPSA) is 127 Å². The summed E-state index contributed by atoms with van der Waals surface area (Å²) in [6, 6.07) is 14.4. The molecule has 0 saturated heterocycles. The molecule has 2 aromatic rings. The van der Waals surface area contributed by atoms with Crippen LogP contribution in [0.2, 0.25) is 0 Å². The van der Waals surface area contributed by atoms with Gasteiger partial charge in [0.1, 0.15) is 36.1 Å². The van der Waals surface area contributed by atoms with E-state index in [1.807, 2.05) is 30.3 Å². The van der Waals surface area contributed by atoms with Gasteiger partial charge in [0.25, 0.3) is 11.8 Å². The van der Waals surface area contributed by atoms with Gasteiger partial charge in [-0.05, 0) is 34.6 Å². The minimum Gasteiger partial charge on any atom is -0.507 e. The Kier molecular flexibility index (Phi) is 8.15. The SMILES string of the molecule is CN=C(C1=NOCCO1)c1ccccc1O.CN=C1/C(=N/OCCO)Oc2ccccc21. The Hall–Kier alpha value is -3.92. The Labute approximate surface area is 185 Å². The number of hydrogen-bond acceptors (Lipinski definition) is 10. The molecule has 0 saturated carbocycles. The standard InChI is InChI=1S/2C11H12N2O3/c1-12-10(11-13-16-7-6-15-11)8-4-2-3-5-9(8)14;1-12-10-8-4-2-3-5-9(8)16-11(10)13-15-7-6-14/h2*2-5,14H,6-7H2,1H3/b;12-10?,13-11-. The van der Waals surface area contributed by atoms with Crippen molar-refractivity contribution in [3.8, 4) is 11.5 Å². The Bertz CT molecular complexity index is 1050. The van der Waals surface area contributed by atoms with E-state index in [4.69, 9.17) is 24.3 Å². The minimum atomic E-state index is -0.0810. The number of aliphatic imine (C=N–C) groups is 2. The van der Waals surface area contributed by atoms with E-state index >= 15 is 0 Å². The predicted molar refractivity (Wildman–Crippen MR) is 120 cm³/mol. The lowest BCUT2D eigenvalue weighted by molar-refractivity contribution is 0.0676. The fraction of sp³-hybridized carbons (Fsp3) is 0.273. The van der Waals surface area contributed by atoms with E-state index in [0.29, 0.717) is 42.0 Å². The third kappa shape index (κ3) is 5.41. The first-order chi connectivity index (χ1) is 15.7. The number of para-hydroxylation sites is 2. The summed E-state index contributed by atoms with van der Waals surface area (Å²) < 4.78 is 10.8. The van der Waals surface area contributed by atoms with Crippen molar-refractivity contribution in [2.75, 3.05) is 40.5 Å². The molecule has 2 aromatic carbocycles. The number of fused-ring (bicyclic) bond motifs is 1. The number of benzene rings is 2. The summed E-state index contributed by atoms with van der Waals surface area (Å²) in [7, 11) is 3.28. The normalized spacial score (nSPS) is 17.3. The van der Waals surface area contributed by atoms with Gasteiger partial charge in [-0.2, -0.15) is 0 Å². The number of ether oxygens (including phenoxy) is 2. The van der Waals surface area contributed by atoms with E-state index in [-0.39, 0.29) is 19.0 Å². The van der Waals surface area contributed by atoms with Gasteiger partial charge in [-0.15, -0.1) is 0 Å². The van der Waals surface area contributed by atoms with Gasteiger partial charge < -0.3 is 29.4 Å². The maximum atomic E-state index is 9.71. The average Bonchev–Trinajstić information content (AvgIpc) is 3.19. The van der Waals surface area contributed by atoms with Gasteiger partial charge in [-0.25, -0.2) is 0 Å². The van der Waals surface area contributed by atoms with Crippen LogP contribution in [0, 0.1) is 0 Å². The van der Waals surface area contributed by atoms with Crippen molar-refractivity contribution in [3.63, 3.8) is 0 Å². The number of aliphatic hydroxyl groups excluding tert-OH is 1. The van der Waals surface area contributed by atoms with E-state index < -0.39 is 0 Å². The molecule has 10 heteroatoms. The molecule has 2 heterocycles. The number of aliphatic hydroxyl groups is 1. The fourth-order valence-corrected chi connectivity index (χ4v) is 2.87. The van der Waals surface area contributed by atoms with E-state index in [0.717, 1.165) is 11.3 Å². The summed E-state index contributed by atoms with van der Waals surface area (Å²) in [5.41, 5.74) is 2.62. The van der Waals surface area contributed by atoms with Gasteiger partial charge in [0.05, 0.1) is 6.61 Å². The van der Waals surface area contributed by atoms with E-state index in [1.165, 1.54) is 0 Å². The number of aromatic hydroxyl groups is 1.